The molecule has 4 rings (SSSR count). The summed E-state index contributed by atoms with van der Waals surface area (Å²) in [4.78, 5) is 4.78. The zero-order valence-corrected chi connectivity index (χ0v) is 15.7. The highest BCUT2D eigenvalue weighted by Crippen LogP contribution is 2.35. The van der Waals surface area contributed by atoms with Crippen LogP contribution in [-0.2, 0) is 6.42 Å². The molecule has 0 spiro atoms. The van der Waals surface area contributed by atoms with E-state index >= 15 is 0 Å². The van der Waals surface area contributed by atoms with E-state index < -0.39 is 0 Å². The number of halogens is 2. The smallest absolute Gasteiger partial charge is 0.180 e. The van der Waals surface area contributed by atoms with Crippen LogP contribution in [0.5, 0.6) is 0 Å². The van der Waals surface area contributed by atoms with Gasteiger partial charge in [-0.1, -0.05) is 35.3 Å². The molecule has 0 saturated heterocycles. The Morgan fingerprint density at radius 1 is 1.00 bits per heavy atom. The van der Waals surface area contributed by atoms with Gasteiger partial charge in [-0.2, -0.15) is 0 Å². The molecule has 2 heterocycles. The van der Waals surface area contributed by atoms with E-state index in [9.17, 15) is 0 Å². The molecule has 0 radical (unpaired) electrons. The van der Waals surface area contributed by atoms with Gasteiger partial charge in [0.2, 0.25) is 0 Å². The Kier molecular flexibility index (Phi) is 4.34. The van der Waals surface area contributed by atoms with Crippen LogP contribution in [-0.4, -0.2) is 25.6 Å². The topological polar surface area (TPSA) is 67.3 Å². The van der Waals surface area contributed by atoms with Gasteiger partial charge in [-0.3, -0.25) is 4.98 Å². The Labute approximate surface area is 160 Å². The molecule has 0 amide bonds. The van der Waals surface area contributed by atoms with Crippen molar-refractivity contribution >= 4 is 34.1 Å². The van der Waals surface area contributed by atoms with E-state index in [4.69, 9.17) is 28.2 Å². The predicted octanol–water partition coefficient (Wildman–Crippen LogP) is 4.93. The molecule has 0 aliphatic carbocycles. The van der Waals surface area contributed by atoms with Crippen molar-refractivity contribution in [1.29, 1.82) is 0 Å². The summed E-state index contributed by atoms with van der Waals surface area (Å²) >= 11 is 12.4. The number of aromatic nitrogens is 5. The van der Waals surface area contributed by atoms with E-state index in [1.165, 1.54) is 5.56 Å². The molecule has 4 aromatic rings. The van der Waals surface area contributed by atoms with Crippen molar-refractivity contribution in [2.45, 2.75) is 20.3 Å². The molecule has 26 heavy (non-hydrogen) atoms. The molecular formula is C19H15Cl2N5. The van der Waals surface area contributed by atoms with Crippen LogP contribution in [0.25, 0.3) is 22.3 Å². The Morgan fingerprint density at radius 2 is 1.77 bits per heavy atom. The molecule has 0 aliphatic heterocycles. The molecule has 0 bridgehead atoms. The Balaban J connectivity index is 1.94. The molecule has 0 unspecified atom stereocenters. The molecule has 2 aromatic heterocycles. The van der Waals surface area contributed by atoms with Crippen LogP contribution in [0.4, 0.5) is 0 Å². The third kappa shape index (κ3) is 2.93. The zero-order chi connectivity index (χ0) is 18.3. The fraction of sp³-hybridized carbons (Fsp3) is 0.158. The summed E-state index contributed by atoms with van der Waals surface area (Å²) < 4.78 is 0. The molecular weight excluding hydrogens is 369 g/mol. The zero-order valence-electron chi connectivity index (χ0n) is 14.2. The highest BCUT2D eigenvalue weighted by molar-refractivity contribution is 6.35. The summed E-state index contributed by atoms with van der Waals surface area (Å²) in [6.45, 7) is 4.10. The van der Waals surface area contributed by atoms with Crippen LogP contribution in [0, 0.1) is 13.8 Å². The first-order valence-electron chi connectivity index (χ1n) is 8.11. The highest BCUT2D eigenvalue weighted by Gasteiger charge is 2.17. The molecule has 1 N–H and O–H groups in total. The number of pyridine rings is 1. The maximum absolute atomic E-state index is 6.43. The molecule has 7 heteroatoms. The fourth-order valence-corrected chi connectivity index (χ4v) is 3.58. The minimum Gasteiger partial charge on any atom is -0.251 e. The summed E-state index contributed by atoms with van der Waals surface area (Å²) in [6.07, 6.45) is 0.762. The van der Waals surface area contributed by atoms with Gasteiger partial charge in [-0.05, 0) is 71.7 Å². The largest absolute Gasteiger partial charge is 0.251 e. The van der Waals surface area contributed by atoms with E-state index in [-0.39, 0.29) is 0 Å². The second-order valence-corrected chi connectivity index (χ2v) is 7.02. The lowest BCUT2D eigenvalue weighted by Gasteiger charge is -2.15. The number of hydrogen-bond donors (Lipinski definition) is 1. The van der Waals surface area contributed by atoms with Crippen LogP contribution in [0.15, 0.2) is 36.4 Å². The van der Waals surface area contributed by atoms with Crippen LogP contribution < -0.4 is 0 Å². The number of fused-ring (bicyclic) bond motifs is 1. The summed E-state index contributed by atoms with van der Waals surface area (Å²) in [5, 5.41) is 16.6. The molecule has 0 atom stereocenters. The van der Waals surface area contributed by atoms with Crippen LogP contribution in [0.3, 0.4) is 0 Å². The minimum absolute atomic E-state index is 0.595. The Hall–Kier alpha value is -2.50. The number of nitrogens with one attached hydrogen (secondary N) is 1. The van der Waals surface area contributed by atoms with E-state index in [0.29, 0.717) is 10.8 Å². The molecule has 5 nitrogen and oxygen atoms in total. The van der Waals surface area contributed by atoms with E-state index in [0.717, 1.165) is 44.7 Å². The second-order valence-electron chi connectivity index (χ2n) is 6.17. The van der Waals surface area contributed by atoms with Gasteiger partial charge >= 0.3 is 0 Å². The van der Waals surface area contributed by atoms with Gasteiger partial charge in [-0.25, -0.2) is 5.10 Å². The molecule has 0 aliphatic rings. The normalized spacial score (nSPS) is 11.2. The third-order valence-electron chi connectivity index (χ3n) is 4.57. The van der Waals surface area contributed by atoms with Gasteiger partial charge in [0.25, 0.3) is 0 Å². The summed E-state index contributed by atoms with van der Waals surface area (Å²) in [5.74, 6) is 0.595. The summed E-state index contributed by atoms with van der Waals surface area (Å²) in [6, 6.07) is 11.6. The Morgan fingerprint density at radius 3 is 2.46 bits per heavy atom. The van der Waals surface area contributed by atoms with Crippen LogP contribution in [0.1, 0.15) is 22.4 Å². The number of nitrogens with zero attached hydrogens (tertiary/aromatic N) is 4. The van der Waals surface area contributed by atoms with Gasteiger partial charge < -0.3 is 0 Å². The minimum atomic E-state index is 0.595. The van der Waals surface area contributed by atoms with E-state index in [2.05, 4.69) is 27.5 Å². The van der Waals surface area contributed by atoms with Crippen molar-refractivity contribution in [3.05, 3.63) is 68.8 Å². The summed E-state index contributed by atoms with van der Waals surface area (Å²) in [5.41, 5.74) is 6.06. The lowest BCUT2D eigenvalue weighted by atomic mass is 9.93. The predicted molar refractivity (Wildman–Crippen MR) is 104 cm³/mol. The molecule has 0 saturated carbocycles. The number of tetrazole rings is 1. The molecule has 130 valence electrons. The first-order valence-corrected chi connectivity index (χ1v) is 8.87. The molecule has 2 aromatic carbocycles. The second kappa shape index (κ2) is 6.67. The first kappa shape index (κ1) is 16.9. The number of aromatic amines is 1. The number of benzene rings is 2. The van der Waals surface area contributed by atoms with Gasteiger partial charge in [0, 0.05) is 21.7 Å². The van der Waals surface area contributed by atoms with Crippen molar-refractivity contribution in [3.63, 3.8) is 0 Å². The third-order valence-corrected chi connectivity index (χ3v) is 5.12. The summed E-state index contributed by atoms with van der Waals surface area (Å²) in [7, 11) is 0. The number of H-pyrrole nitrogens is 1. The monoisotopic (exact) mass is 383 g/mol. The van der Waals surface area contributed by atoms with Crippen LogP contribution >= 0.6 is 23.2 Å². The highest BCUT2D eigenvalue weighted by atomic mass is 35.5. The first-order chi connectivity index (χ1) is 12.5. The maximum atomic E-state index is 6.43. The van der Waals surface area contributed by atoms with Crippen molar-refractivity contribution in [2.24, 2.45) is 0 Å². The van der Waals surface area contributed by atoms with Crippen molar-refractivity contribution < 1.29 is 0 Å². The van der Waals surface area contributed by atoms with Crippen molar-refractivity contribution in [1.82, 2.24) is 25.6 Å². The maximum Gasteiger partial charge on any atom is 0.180 e. The van der Waals surface area contributed by atoms with Crippen molar-refractivity contribution in [3.8, 4) is 11.4 Å². The van der Waals surface area contributed by atoms with Gasteiger partial charge in [-0.15, -0.1) is 5.10 Å². The number of hydrogen-bond acceptors (Lipinski definition) is 4. The van der Waals surface area contributed by atoms with Gasteiger partial charge in [0.1, 0.15) is 0 Å². The number of aryl methyl sites for hydroxylation is 2. The lowest BCUT2D eigenvalue weighted by molar-refractivity contribution is 0.881. The Bertz CT molecular complexity index is 1090. The van der Waals surface area contributed by atoms with E-state index in [1.54, 1.807) is 0 Å². The van der Waals surface area contributed by atoms with Gasteiger partial charge in [0.05, 0.1) is 10.5 Å². The van der Waals surface area contributed by atoms with E-state index in [1.807, 2.05) is 43.3 Å². The average molecular weight is 384 g/mol. The number of rotatable bonds is 3. The molecule has 0 fully saturated rings. The SMILES string of the molecule is Cc1nc2c(Cl)ccc(-c3nnn[nH]3)c2c(C)c1Cc1ccc(Cl)cc1. The quantitative estimate of drug-likeness (QED) is 0.544. The fourth-order valence-electron chi connectivity index (χ4n) is 3.25. The van der Waals surface area contributed by atoms with Gasteiger partial charge in [0.15, 0.2) is 5.82 Å². The standard InChI is InChI=1S/C19H15Cl2N5/c1-10-15(9-12-3-5-13(20)6-4-12)11(2)22-18-16(21)8-7-14(17(10)18)19-23-25-26-24-19/h3-8H,9H2,1-2H3,(H,23,24,25,26). The van der Waals surface area contributed by atoms with Crippen LogP contribution in [0.2, 0.25) is 10.0 Å². The lowest BCUT2D eigenvalue weighted by Crippen LogP contribution is -2.02. The van der Waals surface area contributed by atoms with Crippen molar-refractivity contribution in [2.75, 3.05) is 0 Å². The average Bonchev–Trinajstić information content (AvgIpc) is 3.15.